The van der Waals surface area contributed by atoms with Crippen molar-refractivity contribution in [2.24, 2.45) is 5.92 Å². The predicted octanol–water partition coefficient (Wildman–Crippen LogP) is 4.63. The van der Waals surface area contributed by atoms with Crippen molar-refractivity contribution >= 4 is 23.2 Å². The molecule has 2 aromatic heterocycles. The predicted molar refractivity (Wildman–Crippen MR) is 122 cm³/mol. The van der Waals surface area contributed by atoms with Crippen molar-refractivity contribution < 1.29 is 23.6 Å². The average Bonchev–Trinajstić information content (AvgIpc) is 3.53. The van der Waals surface area contributed by atoms with Gasteiger partial charge in [0.05, 0.1) is 23.9 Å². The highest BCUT2D eigenvalue weighted by atomic mass is 32.1. The summed E-state index contributed by atoms with van der Waals surface area (Å²) in [6.45, 7) is 2.54. The number of methoxy groups -OCH3 is 1. The van der Waals surface area contributed by atoms with Crippen LogP contribution in [0.4, 0.5) is 0 Å². The molecule has 8 nitrogen and oxygen atoms in total. The second kappa shape index (κ2) is 10.6. The lowest BCUT2D eigenvalue weighted by atomic mass is 9.83. The van der Waals surface area contributed by atoms with Gasteiger partial charge in [0.2, 0.25) is 11.7 Å². The van der Waals surface area contributed by atoms with Crippen LogP contribution in [0, 0.1) is 5.92 Å². The summed E-state index contributed by atoms with van der Waals surface area (Å²) in [5.74, 6) is 0.480. The number of likely N-dealkylation sites (tertiary alicyclic amines) is 1. The maximum absolute atomic E-state index is 13.2. The molecule has 33 heavy (non-hydrogen) atoms. The van der Waals surface area contributed by atoms with E-state index in [1.54, 1.807) is 12.0 Å². The molecule has 1 aliphatic rings. The maximum atomic E-state index is 13.2. The Hall–Kier alpha value is -3.20. The van der Waals surface area contributed by atoms with Crippen molar-refractivity contribution in [3.8, 4) is 16.5 Å². The van der Waals surface area contributed by atoms with Gasteiger partial charge in [-0.2, -0.15) is 4.98 Å². The molecule has 1 fully saturated rings. The molecule has 1 aromatic carbocycles. The van der Waals surface area contributed by atoms with Crippen LogP contribution in [0.15, 0.2) is 46.3 Å². The Morgan fingerprint density at radius 2 is 2.12 bits per heavy atom. The molecule has 0 radical (unpaired) electrons. The van der Waals surface area contributed by atoms with Gasteiger partial charge < -0.3 is 18.9 Å². The van der Waals surface area contributed by atoms with Crippen LogP contribution >= 0.6 is 11.3 Å². The molecular weight excluding hydrogens is 442 g/mol. The summed E-state index contributed by atoms with van der Waals surface area (Å²) in [5.41, 5.74) is 0.809. The number of amides is 1. The number of hydrogen-bond donors (Lipinski definition) is 0. The largest absolute Gasteiger partial charge is 0.496 e. The third kappa shape index (κ3) is 5.08. The molecule has 3 aromatic rings. The van der Waals surface area contributed by atoms with E-state index in [9.17, 15) is 9.59 Å². The molecule has 1 saturated heterocycles. The highest BCUT2D eigenvalue weighted by Crippen LogP contribution is 2.41. The Bertz CT molecular complexity index is 1080. The average molecular weight is 470 g/mol. The first-order valence-electron chi connectivity index (χ1n) is 11.1. The quantitative estimate of drug-likeness (QED) is 0.422. The normalized spacial score (nSPS) is 18.4. The van der Waals surface area contributed by atoms with Gasteiger partial charge in [-0.25, -0.2) is 0 Å². The van der Waals surface area contributed by atoms with Gasteiger partial charge in [0.15, 0.2) is 6.61 Å². The standard InChI is InChI=1S/C24H27N3O5S/c1-3-4-13-27-21(28)12-11-17(22(27)16-8-5-6-9-18(16)30-2)24(29)31-15-20-25-23(26-32-20)19-10-7-14-33-19/h5-10,14,17,22H,3-4,11-13,15H2,1-2H3. The fourth-order valence-corrected chi connectivity index (χ4v) is 4.80. The topological polar surface area (TPSA) is 94.8 Å². The maximum Gasteiger partial charge on any atom is 0.311 e. The number of piperidine rings is 1. The molecule has 4 rings (SSSR count). The van der Waals surface area contributed by atoms with Crippen LogP contribution in [0.5, 0.6) is 5.75 Å². The number of carbonyl (C=O) groups is 2. The minimum Gasteiger partial charge on any atom is -0.496 e. The van der Waals surface area contributed by atoms with E-state index in [4.69, 9.17) is 14.0 Å². The number of carbonyl (C=O) groups excluding carboxylic acids is 2. The summed E-state index contributed by atoms with van der Waals surface area (Å²) in [7, 11) is 1.59. The van der Waals surface area contributed by atoms with E-state index in [1.807, 2.05) is 41.8 Å². The summed E-state index contributed by atoms with van der Waals surface area (Å²) in [6, 6.07) is 10.9. The minimum absolute atomic E-state index is 0.0425. The van der Waals surface area contributed by atoms with Crippen LogP contribution in [0.2, 0.25) is 0 Å². The van der Waals surface area contributed by atoms with Crippen molar-refractivity contribution in [2.45, 2.75) is 45.3 Å². The highest BCUT2D eigenvalue weighted by molar-refractivity contribution is 7.13. The lowest BCUT2D eigenvalue weighted by molar-refractivity contribution is -0.159. The zero-order valence-electron chi connectivity index (χ0n) is 18.7. The van der Waals surface area contributed by atoms with E-state index in [2.05, 4.69) is 17.1 Å². The Morgan fingerprint density at radius 3 is 2.88 bits per heavy atom. The second-order valence-corrected chi connectivity index (χ2v) is 8.82. The van der Waals surface area contributed by atoms with Crippen molar-refractivity contribution in [3.63, 3.8) is 0 Å². The summed E-state index contributed by atoms with van der Waals surface area (Å²) < 4.78 is 16.4. The van der Waals surface area contributed by atoms with Crippen molar-refractivity contribution in [1.29, 1.82) is 0 Å². The van der Waals surface area contributed by atoms with Gasteiger partial charge in [-0.1, -0.05) is 42.8 Å². The fourth-order valence-electron chi connectivity index (χ4n) is 4.15. The molecule has 9 heteroatoms. The first-order chi connectivity index (χ1) is 16.1. The molecule has 0 spiro atoms. The monoisotopic (exact) mass is 469 g/mol. The van der Waals surface area contributed by atoms with Gasteiger partial charge >= 0.3 is 5.97 Å². The van der Waals surface area contributed by atoms with Crippen LogP contribution in [-0.4, -0.2) is 40.6 Å². The smallest absolute Gasteiger partial charge is 0.311 e. The van der Waals surface area contributed by atoms with E-state index >= 15 is 0 Å². The number of rotatable bonds is 9. The fraction of sp³-hybridized carbons (Fsp3) is 0.417. The second-order valence-electron chi connectivity index (χ2n) is 7.87. The summed E-state index contributed by atoms with van der Waals surface area (Å²) >= 11 is 1.50. The number of ether oxygens (including phenoxy) is 2. The van der Waals surface area contributed by atoms with Gasteiger partial charge in [-0.15, -0.1) is 11.3 Å². The van der Waals surface area contributed by atoms with E-state index < -0.39 is 17.9 Å². The summed E-state index contributed by atoms with van der Waals surface area (Å²) in [6.07, 6.45) is 2.51. The molecule has 3 heterocycles. The third-order valence-corrected chi connectivity index (χ3v) is 6.63. The number of benzene rings is 1. The number of aromatic nitrogens is 2. The SMILES string of the molecule is CCCCN1C(=O)CCC(C(=O)OCc2nc(-c3cccs3)no2)C1c1ccccc1OC. The third-order valence-electron chi connectivity index (χ3n) is 5.77. The molecule has 2 unspecified atom stereocenters. The molecule has 1 aliphatic heterocycles. The zero-order chi connectivity index (χ0) is 23.2. The van der Waals surface area contributed by atoms with Gasteiger partial charge in [0, 0.05) is 18.5 Å². The van der Waals surface area contributed by atoms with Crippen LogP contribution in [-0.2, 0) is 20.9 Å². The number of nitrogens with zero attached hydrogens (tertiary/aromatic N) is 3. The Kier molecular flexibility index (Phi) is 7.39. The number of unbranched alkanes of at least 4 members (excludes halogenated alkanes) is 1. The van der Waals surface area contributed by atoms with E-state index in [0.29, 0.717) is 31.0 Å². The Labute approximate surface area is 196 Å². The highest BCUT2D eigenvalue weighted by Gasteiger charge is 2.42. The first-order valence-corrected chi connectivity index (χ1v) is 12.0. The number of esters is 1. The molecule has 0 N–H and O–H groups in total. The van der Waals surface area contributed by atoms with Crippen LogP contribution < -0.4 is 4.74 Å². The lowest BCUT2D eigenvalue weighted by Crippen LogP contribution is -2.46. The molecule has 0 saturated carbocycles. The van der Waals surface area contributed by atoms with E-state index in [1.165, 1.54) is 11.3 Å². The van der Waals surface area contributed by atoms with E-state index in [-0.39, 0.29) is 18.4 Å². The molecular formula is C24H27N3O5S. The van der Waals surface area contributed by atoms with Crippen LogP contribution in [0.3, 0.4) is 0 Å². The molecule has 0 bridgehead atoms. The molecule has 174 valence electrons. The van der Waals surface area contributed by atoms with Crippen LogP contribution in [0.25, 0.3) is 10.7 Å². The van der Waals surface area contributed by atoms with Crippen molar-refractivity contribution in [1.82, 2.24) is 15.0 Å². The minimum atomic E-state index is -0.518. The molecule has 2 atom stereocenters. The summed E-state index contributed by atoms with van der Waals surface area (Å²) in [4.78, 5) is 33.1. The lowest BCUT2D eigenvalue weighted by Gasteiger charge is -2.40. The van der Waals surface area contributed by atoms with Crippen LogP contribution in [0.1, 0.15) is 50.1 Å². The van der Waals surface area contributed by atoms with Crippen molar-refractivity contribution in [3.05, 3.63) is 53.2 Å². The number of thiophene rings is 1. The molecule has 0 aliphatic carbocycles. The van der Waals surface area contributed by atoms with Gasteiger partial charge in [-0.3, -0.25) is 9.59 Å². The van der Waals surface area contributed by atoms with Gasteiger partial charge in [-0.05, 0) is 30.4 Å². The Balaban J connectivity index is 1.54. The van der Waals surface area contributed by atoms with Gasteiger partial charge in [0.1, 0.15) is 5.75 Å². The molecule has 1 amide bonds. The van der Waals surface area contributed by atoms with Gasteiger partial charge in [0.25, 0.3) is 5.89 Å². The summed E-state index contributed by atoms with van der Waals surface area (Å²) in [5, 5.41) is 5.88. The zero-order valence-corrected chi connectivity index (χ0v) is 19.5. The Morgan fingerprint density at radius 1 is 1.27 bits per heavy atom. The van der Waals surface area contributed by atoms with E-state index in [0.717, 1.165) is 23.3 Å². The first kappa shape index (κ1) is 23.0. The number of hydrogen-bond acceptors (Lipinski definition) is 8. The number of para-hydroxylation sites is 1. The van der Waals surface area contributed by atoms with Crippen molar-refractivity contribution in [2.75, 3.05) is 13.7 Å².